The van der Waals surface area contributed by atoms with Gasteiger partial charge in [-0.15, -0.1) is 18.3 Å². The van der Waals surface area contributed by atoms with Gasteiger partial charge in [0, 0.05) is 54.3 Å². The van der Waals surface area contributed by atoms with Crippen LogP contribution in [0.1, 0.15) is 138 Å². The normalized spacial score (nSPS) is 34.1. The number of ketones is 1. The van der Waals surface area contributed by atoms with Gasteiger partial charge in [0.05, 0.1) is 17.9 Å². The van der Waals surface area contributed by atoms with Gasteiger partial charge in [0.25, 0.3) is 0 Å². The minimum atomic E-state index is -0.740. The van der Waals surface area contributed by atoms with Crippen molar-refractivity contribution in [3.05, 3.63) is 12.7 Å². The molecule has 5 N–H and O–H groups in total. The van der Waals surface area contributed by atoms with Crippen molar-refractivity contribution in [3.63, 3.8) is 0 Å². The molecule has 1 heterocycles. The number of carbonyl (C=O) groups is 5. The van der Waals surface area contributed by atoms with Crippen LogP contribution in [0.15, 0.2) is 12.7 Å². The first kappa shape index (κ1) is 45.9. The van der Waals surface area contributed by atoms with Crippen molar-refractivity contribution in [3.8, 4) is 0 Å². The summed E-state index contributed by atoms with van der Waals surface area (Å²) in [7, 11) is 0. The van der Waals surface area contributed by atoms with Crippen LogP contribution in [-0.2, 0) is 28.7 Å². The molecule has 1 saturated heterocycles. The molecule has 1 aliphatic heterocycles. The summed E-state index contributed by atoms with van der Waals surface area (Å²) in [5.41, 5.74) is 4.70. The number of ether oxygens (including phenoxy) is 1. The Bertz CT molecular complexity index is 1310. The average Bonchev–Trinajstić information content (AvgIpc) is 3.49. The summed E-state index contributed by atoms with van der Waals surface area (Å²) in [6.07, 6.45) is 11.9. The molecule has 2 unspecified atom stereocenters. The topological polar surface area (TPSA) is 185 Å². The molecular weight excluding hydrogens is 709 g/mol. The molecule has 11 nitrogen and oxygen atoms in total. The lowest BCUT2D eigenvalue weighted by Gasteiger charge is -2.61. The summed E-state index contributed by atoms with van der Waals surface area (Å²) in [5, 5.41) is 28.5. The van der Waals surface area contributed by atoms with E-state index in [0.29, 0.717) is 25.9 Å². The van der Waals surface area contributed by atoms with Gasteiger partial charge >= 0.3 is 17.9 Å². The molecule has 0 spiro atoms. The molecule has 2 bridgehead atoms. The fraction of sp³-hybridized carbons (Fsp3) is 0.833. The number of carboxylic acids is 2. The Labute approximate surface area is 328 Å². The van der Waals surface area contributed by atoms with Crippen molar-refractivity contribution in [1.29, 1.82) is 0 Å². The predicted octanol–water partition coefficient (Wildman–Crippen LogP) is 6.88. The Morgan fingerprint density at radius 1 is 1.00 bits per heavy atom. The number of carbonyl (C=O) groups excluding carboxylic acids is 3. The van der Waals surface area contributed by atoms with Crippen molar-refractivity contribution in [2.75, 3.05) is 18.8 Å². The molecular formula is C42H70N2O9S. The summed E-state index contributed by atoms with van der Waals surface area (Å²) >= 11 is 1.55. The molecule has 0 aromatic heterocycles. The van der Waals surface area contributed by atoms with Gasteiger partial charge in [-0.2, -0.15) is 0 Å². The highest BCUT2D eigenvalue weighted by Gasteiger charge is 2.68. The second-order valence-corrected chi connectivity index (χ2v) is 18.9. The SMILES string of the molecule is C=C[C@]1(C)C[C@@H](OC(=O)CSC2CCCN(C(=O)C(N)C(C)C)C2)[C@]2(C)[C@H](C)CC[C@]3(CCC(=O)[C@H]32)[C@@H](C)[C@@H]1O.O=C(O)CCCCCCCCC(=O)O. The molecule has 1 amide bonds. The number of unbranched alkanes of at least 4 members (excludes halogenated alkanes) is 5. The minimum absolute atomic E-state index is 0.0159. The molecule has 54 heavy (non-hydrogen) atoms. The van der Waals surface area contributed by atoms with E-state index in [2.05, 4.69) is 27.4 Å². The minimum Gasteiger partial charge on any atom is -0.481 e. The van der Waals surface area contributed by atoms with Gasteiger partial charge in [0.15, 0.2) is 0 Å². The monoisotopic (exact) mass is 778 g/mol. The number of Topliss-reactive ketones (excluding diaryl/α,β-unsaturated/α-hetero) is 1. The fourth-order valence-electron chi connectivity index (χ4n) is 9.91. The van der Waals surface area contributed by atoms with E-state index in [0.717, 1.165) is 70.6 Å². The number of carboxylic acid groups (broad SMARTS) is 2. The van der Waals surface area contributed by atoms with E-state index in [-0.39, 0.29) is 70.6 Å². The summed E-state index contributed by atoms with van der Waals surface area (Å²) < 4.78 is 6.38. The maximum Gasteiger partial charge on any atom is 0.316 e. The van der Waals surface area contributed by atoms with Crippen LogP contribution in [0.4, 0.5) is 0 Å². The Morgan fingerprint density at radius 2 is 1.59 bits per heavy atom. The number of likely N-dealkylation sites (tertiary alicyclic amines) is 1. The number of hydrogen-bond donors (Lipinski definition) is 4. The van der Waals surface area contributed by atoms with E-state index in [1.807, 2.05) is 31.7 Å². The van der Waals surface area contributed by atoms with Crippen LogP contribution in [0, 0.1) is 39.9 Å². The van der Waals surface area contributed by atoms with E-state index < -0.39 is 41.0 Å². The second-order valence-electron chi connectivity index (χ2n) is 17.6. The fourth-order valence-corrected chi connectivity index (χ4v) is 11.0. The van der Waals surface area contributed by atoms with Gasteiger partial charge in [0.2, 0.25) is 5.91 Å². The third kappa shape index (κ3) is 10.9. The smallest absolute Gasteiger partial charge is 0.316 e. The van der Waals surface area contributed by atoms with Gasteiger partial charge in [-0.3, -0.25) is 24.0 Å². The largest absolute Gasteiger partial charge is 0.481 e. The van der Waals surface area contributed by atoms with Crippen LogP contribution in [0.3, 0.4) is 0 Å². The maximum absolute atomic E-state index is 13.6. The molecule has 12 heteroatoms. The molecule has 3 saturated carbocycles. The van der Waals surface area contributed by atoms with Crippen LogP contribution in [0.5, 0.6) is 0 Å². The molecule has 3 aliphatic carbocycles. The predicted molar refractivity (Wildman–Crippen MR) is 212 cm³/mol. The molecule has 308 valence electrons. The summed E-state index contributed by atoms with van der Waals surface area (Å²) in [4.78, 5) is 62.0. The van der Waals surface area contributed by atoms with E-state index in [1.54, 1.807) is 11.8 Å². The quantitative estimate of drug-likeness (QED) is 0.0728. The van der Waals surface area contributed by atoms with Gasteiger partial charge in [-0.25, -0.2) is 0 Å². The van der Waals surface area contributed by atoms with Crippen LogP contribution in [0.2, 0.25) is 0 Å². The Hall–Kier alpha value is -2.44. The highest BCUT2D eigenvalue weighted by Crippen LogP contribution is 2.68. The van der Waals surface area contributed by atoms with E-state index in [1.165, 1.54) is 0 Å². The Morgan fingerprint density at radius 3 is 2.15 bits per heavy atom. The van der Waals surface area contributed by atoms with E-state index in [4.69, 9.17) is 20.7 Å². The zero-order chi connectivity index (χ0) is 40.4. The number of nitrogens with zero attached hydrogens (tertiary/aromatic N) is 1. The number of hydrogen-bond acceptors (Lipinski definition) is 9. The lowest BCUT2D eigenvalue weighted by Crippen LogP contribution is -2.63. The maximum atomic E-state index is 13.6. The van der Waals surface area contributed by atoms with Crippen LogP contribution in [-0.4, -0.2) is 92.2 Å². The van der Waals surface area contributed by atoms with Crippen molar-refractivity contribution in [2.45, 2.75) is 161 Å². The molecule has 0 radical (unpaired) electrons. The number of rotatable bonds is 16. The summed E-state index contributed by atoms with van der Waals surface area (Å²) in [6.45, 7) is 17.8. The number of thioether (sulfide) groups is 1. The summed E-state index contributed by atoms with van der Waals surface area (Å²) in [5.74, 6) is -1.32. The average molecular weight is 779 g/mol. The third-order valence-electron chi connectivity index (χ3n) is 13.7. The van der Waals surface area contributed by atoms with Crippen LogP contribution < -0.4 is 5.73 Å². The lowest BCUT2D eigenvalue weighted by molar-refractivity contribution is -0.205. The van der Waals surface area contributed by atoms with Crippen LogP contribution >= 0.6 is 11.8 Å². The van der Waals surface area contributed by atoms with Gasteiger partial charge in [-0.05, 0) is 74.5 Å². The van der Waals surface area contributed by atoms with Crippen molar-refractivity contribution < 1.29 is 44.0 Å². The van der Waals surface area contributed by atoms with Gasteiger partial charge < -0.3 is 30.7 Å². The van der Waals surface area contributed by atoms with Crippen molar-refractivity contribution >= 4 is 41.4 Å². The highest BCUT2D eigenvalue weighted by atomic mass is 32.2. The Balaban J connectivity index is 0.000000475. The highest BCUT2D eigenvalue weighted by molar-refractivity contribution is 8.00. The van der Waals surface area contributed by atoms with Crippen molar-refractivity contribution in [2.24, 2.45) is 45.7 Å². The second kappa shape index (κ2) is 20.1. The number of aliphatic hydroxyl groups is 1. The third-order valence-corrected chi connectivity index (χ3v) is 15.0. The van der Waals surface area contributed by atoms with E-state index in [9.17, 15) is 29.1 Å². The number of aliphatic hydroxyl groups excluding tert-OH is 1. The molecule has 10 atom stereocenters. The zero-order valence-electron chi connectivity index (χ0n) is 33.9. The Kier molecular flexibility index (Phi) is 17.1. The standard InChI is InChI=1S/C32H52N2O5S.C10H18O4/c1-8-30(6)16-24(31(7)20(4)11-13-32(21(5)28(30)37)14-12-23(35)27(31)32)39-25(36)18-40-22-10-9-15-34(17-22)29(38)26(33)19(2)3;11-9(12)7-5-3-1-2-4-6-8-10(13)14/h8,19-22,24,26-28,37H,1,9-18,33H2,2-7H3;1-8H2,(H,11,12)(H,13,14)/t20-,21+,22?,24-,26?,27+,28+,30-,31+,32+;/m1./s1. The molecule has 0 aromatic carbocycles. The lowest BCUT2D eigenvalue weighted by atomic mass is 9.44. The van der Waals surface area contributed by atoms with Gasteiger partial charge in [-0.1, -0.05) is 73.3 Å². The first-order valence-corrected chi connectivity index (χ1v) is 21.5. The summed E-state index contributed by atoms with van der Waals surface area (Å²) in [6, 6.07) is -0.506. The first-order chi connectivity index (χ1) is 25.3. The molecule has 0 aromatic rings. The van der Waals surface area contributed by atoms with E-state index >= 15 is 0 Å². The molecule has 4 rings (SSSR count). The van der Waals surface area contributed by atoms with Crippen LogP contribution in [0.25, 0.3) is 0 Å². The number of esters is 1. The number of piperidine rings is 1. The zero-order valence-corrected chi connectivity index (χ0v) is 34.7. The first-order valence-electron chi connectivity index (χ1n) is 20.5. The molecule has 4 fully saturated rings. The number of nitrogens with two attached hydrogens (primary N) is 1. The molecule has 4 aliphatic rings. The van der Waals surface area contributed by atoms with Crippen molar-refractivity contribution in [1.82, 2.24) is 4.90 Å². The van der Waals surface area contributed by atoms with Gasteiger partial charge in [0.1, 0.15) is 11.9 Å². The number of aliphatic carboxylic acids is 2. The number of amides is 1.